The Morgan fingerprint density at radius 2 is 2.44 bits per heavy atom. The van der Waals surface area contributed by atoms with Crippen LogP contribution in [0.2, 0.25) is 0 Å². The van der Waals surface area contributed by atoms with Crippen molar-refractivity contribution in [2.75, 3.05) is 13.6 Å². The Balaban J connectivity index is 3.49. The molecule has 3 nitrogen and oxygen atoms in total. The Labute approximate surface area is 54.9 Å². The smallest absolute Gasteiger partial charge is 0.209 e. The third-order valence-corrected chi connectivity index (χ3v) is 0.962. The molecule has 0 saturated carbocycles. The van der Waals surface area contributed by atoms with Crippen LogP contribution in [0.4, 0.5) is 0 Å². The number of amides is 1. The summed E-state index contributed by atoms with van der Waals surface area (Å²) < 4.78 is 0. The SMILES string of the molecule is CC(C#N)CN(C)C=O. The molecule has 9 heavy (non-hydrogen) atoms. The lowest BCUT2D eigenvalue weighted by atomic mass is 10.2. The highest BCUT2D eigenvalue weighted by Crippen LogP contribution is 1.91. The molecule has 0 aromatic heterocycles. The minimum Gasteiger partial charge on any atom is -0.347 e. The number of carbonyl (C=O) groups excluding carboxylic acids is 1. The average Bonchev–Trinajstić information content (AvgIpc) is 1.87. The number of rotatable bonds is 3. The zero-order valence-corrected chi connectivity index (χ0v) is 5.66. The second-order valence-corrected chi connectivity index (χ2v) is 2.08. The predicted octanol–water partition coefficient (Wildman–Crippen LogP) is 0.234. The molecule has 0 aromatic carbocycles. The highest BCUT2D eigenvalue weighted by Gasteiger charge is 2.00. The monoisotopic (exact) mass is 126 g/mol. The normalized spacial score (nSPS) is 11.7. The third-order valence-electron chi connectivity index (χ3n) is 0.962. The predicted molar refractivity (Wildman–Crippen MR) is 33.5 cm³/mol. The molecular weight excluding hydrogens is 116 g/mol. The van der Waals surface area contributed by atoms with E-state index in [1.54, 1.807) is 14.0 Å². The van der Waals surface area contributed by atoms with Crippen molar-refractivity contribution >= 4 is 6.41 Å². The van der Waals surface area contributed by atoms with E-state index in [-0.39, 0.29) is 5.92 Å². The van der Waals surface area contributed by atoms with Gasteiger partial charge in [0.2, 0.25) is 6.41 Å². The number of nitriles is 1. The Morgan fingerprint density at radius 3 is 2.78 bits per heavy atom. The van der Waals surface area contributed by atoms with Crippen molar-refractivity contribution in [3.05, 3.63) is 0 Å². The van der Waals surface area contributed by atoms with E-state index in [1.165, 1.54) is 4.90 Å². The average molecular weight is 126 g/mol. The summed E-state index contributed by atoms with van der Waals surface area (Å²) in [5.41, 5.74) is 0. The minimum atomic E-state index is -0.0693. The maximum Gasteiger partial charge on any atom is 0.209 e. The lowest BCUT2D eigenvalue weighted by molar-refractivity contribution is -0.117. The molecule has 0 aliphatic carbocycles. The second-order valence-electron chi connectivity index (χ2n) is 2.08. The summed E-state index contributed by atoms with van der Waals surface area (Å²) in [6.07, 6.45) is 0.716. The van der Waals surface area contributed by atoms with E-state index in [4.69, 9.17) is 5.26 Å². The van der Waals surface area contributed by atoms with Crippen molar-refractivity contribution in [3.8, 4) is 6.07 Å². The van der Waals surface area contributed by atoms with E-state index in [1.807, 2.05) is 6.07 Å². The lowest BCUT2D eigenvalue weighted by Crippen LogP contribution is -2.21. The van der Waals surface area contributed by atoms with E-state index in [2.05, 4.69) is 0 Å². The maximum atomic E-state index is 9.97. The van der Waals surface area contributed by atoms with Crippen molar-refractivity contribution < 1.29 is 4.79 Å². The molecule has 0 N–H and O–H groups in total. The molecule has 0 aliphatic rings. The summed E-state index contributed by atoms with van der Waals surface area (Å²) in [6, 6.07) is 2.03. The summed E-state index contributed by atoms with van der Waals surface area (Å²) in [6.45, 7) is 2.29. The third kappa shape index (κ3) is 3.53. The Kier molecular flexibility index (Phi) is 3.45. The molecule has 0 bridgehead atoms. The summed E-state index contributed by atoms with van der Waals surface area (Å²) in [7, 11) is 1.65. The molecule has 0 fully saturated rings. The van der Waals surface area contributed by atoms with E-state index < -0.39 is 0 Å². The standard InChI is InChI=1S/C6H10N2O/c1-6(3-7)4-8(2)5-9/h5-6H,4H2,1-2H3. The van der Waals surface area contributed by atoms with Crippen LogP contribution in [0.3, 0.4) is 0 Å². The fourth-order valence-corrected chi connectivity index (χ4v) is 0.516. The van der Waals surface area contributed by atoms with Crippen molar-refractivity contribution in [2.45, 2.75) is 6.92 Å². The molecule has 50 valence electrons. The van der Waals surface area contributed by atoms with Gasteiger partial charge in [0.25, 0.3) is 0 Å². The molecule has 0 aliphatic heterocycles. The fourth-order valence-electron chi connectivity index (χ4n) is 0.516. The molecule has 1 unspecified atom stereocenters. The van der Waals surface area contributed by atoms with Gasteiger partial charge in [0.15, 0.2) is 0 Å². The lowest BCUT2D eigenvalue weighted by Gasteiger charge is -2.10. The first-order chi connectivity index (χ1) is 4.20. The van der Waals surface area contributed by atoms with Crippen LogP contribution >= 0.6 is 0 Å². The molecule has 0 heterocycles. The van der Waals surface area contributed by atoms with Crippen molar-refractivity contribution in [3.63, 3.8) is 0 Å². The van der Waals surface area contributed by atoms with Crippen LogP contribution in [0.5, 0.6) is 0 Å². The van der Waals surface area contributed by atoms with E-state index in [0.717, 1.165) is 0 Å². The summed E-state index contributed by atoms with van der Waals surface area (Å²) in [4.78, 5) is 11.4. The molecule has 0 aromatic rings. The molecule has 0 saturated heterocycles. The van der Waals surface area contributed by atoms with Crippen LogP contribution in [0.1, 0.15) is 6.92 Å². The van der Waals surface area contributed by atoms with Gasteiger partial charge in [-0.15, -0.1) is 0 Å². The van der Waals surface area contributed by atoms with Gasteiger partial charge in [-0.05, 0) is 6.92 Å². The van der Waals surface area contributed by atoms with Crippen molar-refractivity contribution in [1.29, 1.82) is 5.26 Å². The summed E-state index contributed by atoms with van der Waals surface area (Å²) in [5, 5.41) is 8.29. The first kappa shape index (κ1) is 7.96. The van der Waals surface area contributed by atoms with Crippen molar-refractivity contribution in [2.24, 2.45) is 5.92 Å². The van der Waals surface area contributed by atoms with Gasteiger partial charge in [0, 0.05) is 13.6 Å². The van der Waals surface area contributed by atoms with Crippen LogP contribution in [-0.2, 0) is 4.79 Å². The number of carbonyl (C=O) groups is 1. The first-order valence-electron chi connectivity index (χ1n) is 2.76. The number of hydrogen-bond acceptors (Lipinski definition) is 2. The first-order valence-corrected chi connectivity index (χ1v) is 2.76. The summed E-state index contributed by atoms with van der Waals surface area (Å²) >= 11 is 0. The molecule has 1 atom stereocenters. The van der Waals surface area contributed by atoms with Gasteiger partial charge in [-0.25, -0.2) is 0 Å². The van der Waals surface area contributed by atoms with Gasteiger partial charge >= 0.3 is 0 Å². The zero-order chi connectivity index (χ0) is 7.28. The Hall–Kier alpha value is -1.04. The van der Waals surface area contributed by atoms with Crippen LogP contribution in [0.15, 0.2) is 0 Å². The molecule has 0 spiro atoms. The van der Waals surface area contributed by atoms with Gasteiger partial charge in [-0.3, -0.25) is 4.79 Å². The quantitative estimate of drug-likeness (QED) is 0.508. The molecule has 1 amide bonds. The van der Waals surface area contributed by atoms with E-state index in [0.29, 0.717) is 13.0 Å². The van der Waals surface area contributed by atoms with Crippen LogP contribution in [0.25, 0.3) is 0 Å². The van der Waals surface area contributed by atoms with Crippen LogP contribution < -0.4 is 0 Å². The van der Waals surface area contributed by atoms with Gasteiger partial charge in [-0.1, -0.05) is 0 Å². The molecule has 3 heteroatoms. The van der Waals surface area contributed by atoms with Gasteiger partial charge in [0.05, 0.1) is 12.0 Å². The van der Waals surface area contributed by atoms with Crippen LogP contribution in [-0.4, -0.2) is 24.9 Å². The van der Waals surface area contributed by atoms with Gasteiger partial charge in [0.1, 0.15) is 0 Å². The largest absolute Gasteiger partial charge is 0.347 e. The minimum absolute atomic E-state index is 0.0693. The van der Waals surface area contributed by atoms with Gasteiger partial charge in [-0.2, -0.15) is 5.26 Å². The topological polar surface area (TPSA) is 44.1 Å². The zero-order valence-electron chi connectivity index (χ0n) is 5.66. The Morgan fingerprint density at radius 1 is 1.89 bits per heavy atom. The highest BCUT2D eigenvalue weighted by atomic mass is 16.1. The number of nitrogens with zero attached hydrogens (tertiary/aromatic N) is 2. The fraction of sp³-hybridized carbons (Fsp3) is 0.667. The van der Waals surface area contributed by atoms with E-state index >= 15 is 0 Å². The summed E-state index contributed by atoms with van der Waals surface area (Å²) in [5.74, 6) is -0.0693. The highest BCUT2D eigenvalue weighted by molar-refractivity contribution is 5.46. The van der Waals surface area contributed by atoms with E-state index in [9.17, 15) is 4.79 Å². The molecule has 0 rings (SSSR count). The van der Waals surface area contributed by atoms with Crippen LogP contribution in [0, 0.1) is 17.2 Å². The second kappa shape index (κ2) is 3.90. The number of hydrogen-bond donors (Lipinski definition) is 0. The molecular formula is C6H10N2O. The van der Waals surface area contributed by atoms with Gasteiger partial charge < -0.3 is 4.90 Å². The maximum absolute atomic E-state index is 9.97. The van der Waals surface area contributed by atoms with Crippen molar-refractivity contribution in [1.82, 2.24) is 4.90 Å². The molecule has 0 radical (unpaired) electrons. The Bertz CT molecular complexity index is 128.